The van der Waals surface area contributed by atoms with Crippen molar-refractivity contribution in [2.24, 2.45) is 5.73 Å². The number of carbonyl (C=O) groups excluding carboxylic acids is 1. The van der Waals surface area contributed by atoms with Crippen molar-refractivity contribution in [2.75, 3.05) is 5.32 Å². The molecule has 3 nitrogen and oxygen atoms in total. The lowest BCUT2D eigenvalue weighted by atomic mass is 9.97. The Labute approximate surface area is 87.3 Å². The molecule has 3 N–H and O–H groups in total. The van der Waals surface area contributed by atoms with Crippen LogP contribution in [0.4, 0.5) is 5.69 Å². The number of benzene rings is 1. The highest BCUT2D eigenvalue weighted by atomic mass is 32.1. The Kier molecular flexibility index (Phi) is 2.21. The summed E-state index contributed by atoms with van der Waals surface area (Å²) in [6, 6.07) is 7.61. The van der Waals surface area contributed by atoms with Gasteiger partial charge >= 0.3 is 0 Å². The fraction of sp³-hybridized carbons (Fsp3) is 0.200. The molecule has 2 rings (SSSR count). The van der Waals surface area contributed by atoms with E-state index in [1.807, 2.05) is 24.3 Å². The topological polar surface area (TPSA) is 55.1 Å². The summed E-state index contributed by atoms with van der Waals surface area (Å²) < 4.78 is 0. The standard InChI is InChI=1S/C10H10N2OS/c11-9(14)5-7-6-3-1-2-4-8(6)12-10(7)13/h1-4,7H,5H2,(H2,11,14)(H,12,13)/t7-/m0/s1. The smallest absolute Gasteiger partial charge is 0.232 e. The van der Waals surface area contributed by atoms with Gasteiger partial charge in [-0.25, -0.2) is 0 Å². The van der Waals surface area contributed by atoms with Gasteiger partial charge in [0, 0.05) is 12.1 Å². The van der Waals surface area contributed by atoms with Gasteiger partial charge in [0.05, 0.1) is 10.9 Å². The van der Waals surface area contributed by atoms with Crippen molar-refractivity contribution in [3.05, 3.63) is 29.8 Å². The van der Waals surface area contributed by atoms with Gasteiger partial charge in [-0.2, -0.15) is 0 Å². The number of para-hydroxylation sites is 1. The van der Waals surface area contributed by atoms with Crippen molar-refractivity contribution in [3.63, 3.8) is 0 Å². The summed E-state index contributed by atoms with van der Waals surface area (Å²) in [6.45, 7) is 0. The van der Waals surface area contributed by atoms with Crippen LogP contribution in [-0.4, -0.2) is 10.9 Å². The van der Waals surface area contributed by atoms with E-state index in [-0.39, 0.29) is 11.8 Å². The zero-order valence-corrected chi connectivity index (χ0v) is 8.30. The van der Waals surface area contributed by atoms with Crippen molar-refractivity contribution in [3.8, 4) is 0 Å². The van der Waals surface area contributed by atoms with Crippen LogP contribution >= 0.6 is 12.2 Å². The van der Waals surface area contributed by atoms with Gasteiger partial charge in [0.1, 0.15) is 0 Å². The van der Waals surface area contributed by atoms with Crippen LogP contribution in [0, 0.1) is 0 Å². The molecule has 1 aromatic carbocycles. The third-order valence-corrected chi connectivity index (χ3v) is 2.48. The van der Waals surface area contributed by atoms with Crippen LogP contribution in [0.2, 0.25) is 0 Å². The average Bonchev–Trinajstić information content (AvgIpc) is 2.43. The monoisotopic (exact) mass is 206 g/mol. The maximum atomic E-state index is 11.5. The fourth-order valence-electron chi connectivity index (χ4n) is 1.68. The number of hydrogen-bond acceptors (Lipinski definition) is 2. The highest BCUT2D eigenvalue weighted by molar-refractivity contribution is 7.80. The molecule has 1 atom stereocenters. The van der Waals surface area contributed by atoms with Crippen LogP contribution in [0.15, 0.2) is 24.3 Å². The van der Waals surface area contributed by atoms with Crippen LogP contribution in [0.5, 0.6) is 0 Å². The van der Waals surface area contributed by atoms with E-state index in [4.69, 9.17) is 18.0 Å². The molecule has 0 saturated heterocycles. The highest BCUT2D eigenvalue weighted by Gasteiger charge is 2.30. The zero-order chi connectivity index (χ0) is 10.1. The van der Waals surface area contributed by atoms with E-state index in [9.17, 15) is 4.79 Å². The number of rotatable bonds is 2. The molecule has 72 valence electrons. The van der Waals surface area contributed by atoms with E-state index >= 15 is 0 Å². The molecule has 1 aromatic rings. The normalized spacial score (nSPS) is 18.9. The summed E-state index contributed by atoms with van der Waals surface area (Å²) >= 11 is 4.81. The van der Waals surface area contributed by atoms with Crippen molar-refractivity contribution >= 4 is 28.8 Å². The summed E-state index contributed by atoms with van der Waals surface area (Å²) in [5, 5.41) is 2.80. The molecule has 0 unspecified atom stereocenters. The predicted molar refractivity (Wildman–Crippen MR) is 59.2 cm³/mol. The molecule has 1 heterocycles. The second-order valence-electron chi connectivity index (χ2n) is 3.30. The SMILES string of the molecule is NC(=S)C[C@@H]1C(=O)Nc2ccccc21. The van der Waals surface area contributed by atoms with Crippen molar-refractivity contribution in [1.29, 1.82) is 0 Å². The number of thiocarbonyl (C=S) groups is 1. The number of nitrogens with two attached hydrogens (primary N) is 1. The summed E-state index contributed by atoms with van der Waals surface area (Å²) in [6.07, 6.45) is 0.443. The first-order valence-corrected chi connectivity index (χ1v) is 4.77. The Morgan fingerprint density at radius 1 is 1.50 bits per heavy atom. The predicted octanol–water partition coefficient (Wildman–Crippen LogP) is 1.40. The van der Waals surface area contributed by atoms with Crippen molar-refractivity contribution < 1.29 is 4.79 Å². The average molecular weight is 206 g/mol. The Morgan fingerprint density at radius 3 is 2.93 bits per heavy atom. The van der Waals surface area contributed by atoms with Gasteiger partial charge in [0.25, 0.3) is 0 Å². The van der Waals surface area contributed by atoms with E-state index in [2.05, 4.69) is 5.32 Å². The van der Waals surface area contributed by atoms with E-state index in [1.165, 1.54) is 0 Å². The van der Waals surface area contributed by atoms with E-state index < -0.39 is 0 Å². The Hall–Kier alpha value is -1.42. The van der Waals surface area contributed by atoms with Crippen molar-refractivity contribution in [1.82, 2.24) is 0 Å². The minimum Gasteiger partial charge on any atom is -0.393 e. The van der Waals surface area contributed by atoms with Crippen LogP contribution in [-0.2, 0) is 4.79 Å². The van der Waals surface area contributed by atoms with Crippen LogP contribution in [0.25, 0.3) is 0 Å². The molecule has 14 heavy (non-hydrogen) atoms. The molecular weight excluding hydrogens is 196 g/mol. The maximum Gasteiger partial charge on any atom is 0.232 e. The lowest BCUT2D eigenvalue weighted by Crippen LogP contribution is -2.19. The number of amides is 1. The summed E-state index contributed by atoms with van der Waals surface area (Å²) in [5.74, 6) is -0.220. The van der Waals surface area contributed by atoms with Crippen LogP contribution in [0.3, 0.4) is 0 Å². The molecule has 0 radical (unpaired) electrons. The van der Waals surface area contributed by atoms with Gasteiger partial charge in [0.2, 0.25) is 5.91 Å². The third kappa shape index (κ3) is 1.48. The van der Waals surface area contributed by atoms with Gasteiger partial charge < -0.3 is 11.1 Å². The first-order chi connectivity index (χ1) is 6.68. The van der Waals surface area contributed by atoms with E-state index in [0.717, 1.165) is 11.3 Å². The number of anilines is 1. The quantitative estimate of drug-likeness (QED) is 0.719. The van der Waals surface area contributed by atoms with E-state index in [1.54, 1.807) is 0 Å². The fourth-order valence-corrected chi connectivity index (χ4v) is 1.85. The maximum absolute atomic E-state index is 11.5. The largest absolute Gasteiger partial charge is 0.393 e. The first kappa shape index (κ1) is 9.15. The Balaban J connectivity index is 2.34. The molecule has 0 aromatic heterocycles. The molecule has 0 aliphatic carbocycles. The highest BCUT2D eigenvalue weighted by Crippen LogP contribution is 2.33. The van der Waals surface area contributed by atoms with Gasteiger partial charge in [-0.05, 0) is 11.6 Å². The summed E-state index contributed by atoms with van der Waals surface area (Å²) in [7, 11) is 0. The number of nitrogens with one attached hydrogen (secondary N) is 1. The number of fused-ring (bicyclic) bond motifs is 1. The van der Waals surface area contributed by atoms with Crippen LogP contribution < -0.4 is 11.1 Å². The molecule has 0 spiro atoms. The second kappa shape index (κ2) is 3.38. The van der Waals surface area contributed by atoms with Gasteiger partial charge in [-0.15, -0.1) is 0 Å². The number of hydrogen-bond donors (Lipinski definition) is 2. The molecule has 4 heteroatoms. The molecule has 1 aliphatic heterocycles. The molecule has 0 saturated carbocycles. The molecular formula is C10H10N2OS. The van der Waals surface area contributed by atoms with Gasteiger partial charge in [0.15, 0.2) is 0 Å². The van der Waals surface area contributed by atoms with Gasteiger partial charge in [-0.1, -0.05) is 30.4 Å². The second-order valence-corrected chi connectivity index (χ2v) is 3.82. The lowest BCUT2D eigenvalue weighted by molar-refractivity contribution is -0.116. The Bertz CT molecular complexity index is 403. The summed E-state index contributed by atoms with van der Waals surface area (Å²) in [5.41, 5.74) is 7.31. The molecule has 1 aliphatic rings. The van der Waals surface area contributed by atoms with Gasteiger partial charge in [-0.3, -0.25) is 4.79 Å². The lowest BCUT2D eigenvalue weighted by Gasteiger charge is -2.06. The third-order valence-electron chi connectivity index (χ3n) is 2.32. The zero-order valence-electron chi connectivity index (χ0n) is 7.49. The van der Waals surface area contributed by atoms with Crippen molar-refractivity contribution in [2.45, 2.75) is 12.3 Å². The van der Waals surface area contributed by atoms with E-state index in [0.29, 0.717) is 11.4 Å². The molecule has 1 amide bonds. The molecule has 0 bridgehead atoms. The van der Waals surface area contributed by atoms with Crippen LogP contribution in [0.1, 0.15) is 17.9 Å². The molecule has 0 fully saturated rings. The minimum absolute atomic E-state index is 0.0148. The Morgan fingerprint density at radius 2 is 2.21 bits per heavy atom. The minimum atomic E-state index is -0.205. The number of carbonyl (C=O) groups is 1. The summed E-state index contributed by atoms with van der Waals surface area (Å²) in [4.78, 5) is 11.9. The first-order valence-electron chi connectivity index (χ1n) is 4.36.